The lowest BCUT2D eigenvalue weighted by atomic mass is 9.84. The molecule has 1 aromatic heterocycles. The van der Waals surface area contributed by atoms with Crippen LogP contribution in [0.4, 0.5) is 11.4 Å². The maximum atomic E-state index is 13.0. The number of nitrogens with two attached hydrogens (primary N) is 1. The van der Waals surface area contributed by atoms with Gasteiger partial charge in [0.1, 0.15) is 23.1 Å². The Bertz CT molecular complexity index is 1690. The second kappa shape index (κ2) is 12.9. The van der Waals surface area contributed by atoms with Crippen LogP contribution in [0.1, 0.15) is 54.9 Å². The number of fused-ring (bicyclic) bond motifs is 1. The van der Waals surface area contributed by atoms with E-state index in [0.717, 1.165) is 31.2 Å². The van der Waals surface area contributed by atoms with E-state index >= 15 is 0 Å². The van der Waals surface area contributed by atoms with E-state index in [1.54, 1.807) is 24.3 Å². The predicted octanol–water partition coefficient (Wildman–Crippen LogP) is 5.58. The molecule has 1 heterocycles. The molecule has 222 valence electrons. The van der Waals surface area contributed by atoms with Crippen LogP contribution < -0.4 is 21.8 Å². The summed E-state index contributed by atoms with van der Waals surface area (Å²) in [7, 11) is 0. The topological polar surface area (TPSA) is 158 Å². The van der Waals surface area contributed by atoms with Crippen molar-refractivity contribution in [3.63, 3.8) is 0 Å². The number of nitrogens with one attached hydrogen (secondary N) is 2. The first-order chi connectivity index (χ1) is 20.7. The quantitative estimate of drug-likeness (QED) is 0.163. The Labute approximate surface area is 248 Å². The third-order valence-electron chi connectivity index (χ3n) is 8.15. The minimum absolute atomic E-state index is 0.0203. The van der Waals surface area contributed by atoms with E-state index in [1.807, 2.05) is 37.3 Å². The van der Waals surface area contributed by atoms with Crippen molar-refractivity contribution >= 4 is 34.2 Å². The molecule has 0 saturated heterocycles. The molecule has 1 aliphatic carbocycles. The second-order valence-corrected chi connectivity index (χ2v) is 11.1. The van der Waals surface area contributed by atoms with Crippen molar-refractivity contribution in [2.45, 2.75) is 57.5 Å². The van der Waals surface area contributed by atoms with E-state index in [0.29, 0.717) is 22.7 Å². The second-order valence-electron chi connectivity index (χ2n) is 11.1. The molecule has 3 aromatic carbocycles. The van der Waals surface area contributed by atoms with Crippen molar-refractivity contribution in [3.05, 3.63) is 104 Å². The van der Waals surface area contributed by atoms with Gasteiger partial charge in [-0.2, -0.15) is 0 Å². The number of carbonyl (C=O) groups excluding carboxylic acids is 2. The molecule has 4 aromatic rings. The highest BCUT2D eigenvalue weighted by molar-refractivity contribution is 5.97. The van der Waals surface area contributed by atoms with Crippen molar-refractivity contribution < 1.29 is 18.9 Å². The number of hydrogen-bond donors (Lipinski definition) is 3. The van der Waals surface area contributed by atoms with Crippen molar-refractivity contribution in [1.29, 1.82) is 0 Å². The molecule has 4 N–H and O–H groups in total. The van der Waals surface area contributed by atoms with Gasteiger partial charge in [-0.05, 0) is 43.4 Å². The fraction of sp³-hybridized carbons (Fsp3) is 0.303. The van der Waals surface area contributed by atoms with Crippen molar-refractivity contribution in [3.8, 4) is 11.3 Å². The summed E-state index contributed by atoms with van der Waals surface area (Å²) >= 11 is 0. The molecule has 0 bridgehead atoms. The normalized spacial score (nSPS) is 15.0. The minimum Gasteiger partial charge on any atom is -0.456 e. The third kappa shape index (κ3) is 6.91. The van der Waals surface area contributed by atoms with E-state index < -0.39 is 28.2 Å². The fourth-order valence-electron chi connectivity index (χ4n) is 5.70. The number of hydrogen-bond acceptors (Lipinski definition) is 7. The Morgan fingerprint density at radius 2 is 1.72 bits per heavy atom. The monoisotopic (exact) mass is 582 g/mol. The lowest BCUT2D eigenvalue weighted by Crippen LogP contribution is -2.45. The highest BCUT2D eigenvalue weighted by atomic mass is 16.6. The van der Waals surface area contributed by atoms with Crippen LogP contribution in [0.3, 0.4) is 0 Å². The fourth-order valence-corrected chi connectivity index (χ4v) is 5.70. The molecule has 0 spiro atoms. The van der Waals surface area contributed by atoms with Gasteiger partial charge in [0.15, 0.2) is 5.43 Å². The van der Waals surface area contributed by atoms with E-state index in [4.69, 9.17) is 10.2 Å². The Morgan fingerprint density at radius 1 is 1.02 bits per heavy atom. The highest BCUT2D eigenvalue weighted by Crippen LogP contribution is 2.34. The molecule has 1 aliphatic rings. The Balaban J connectivity index is 1.38. The van der Waals surface area contributed by atoms with Gasteiger partial charge in [-0.15, -0.1) is 0 Å². The van der Waals surface area contributed by atoms with Gasteiger partial charge in [0.2, 0.25) is 5.91 Å². The SMILES string of the molecule is C[C@@H](Nc1cc2oc(-c3ccc(C(=O)N[C@H](Cc4ccccc4)C(N)=O)cc3)cc(=O)c2cc1[N+](=O)[O-])C1CCCCC1. The average Bonchev–Trinajstić information content (AvgIpc) is 3.01. The van der Waals surface area contributed by atoms with Gasteiger partial charge < -0.3 is 20.8 Å². The van der Waals surface area contributed by atoms with Crippen LogP contribution >= 0.6 is 0 Å². The van der Waals surface area contributed by atoms with Crippen LogP contribution in [0.5, 0.6) is 0 Å². The molecule has 0 unspecified atom stereocenters. The number of nitro benzene ring substituents is 1. The van der Waals surface area contributed by atoms with E-state index in [9.17, 15) is 24.5 Å². The molecule has 10 nitrogen and oxygen atoms in total. The molecule has 0 aliphatic heterocycles. The summed E-state index contributed by atoms with van der Waals surface area (Å²) < 4.78 is 6.07. The Kier molecular flexibility index (Phi) is 8.85. The standard InChI is InChI=1S/C33H34N4O6/c1-20(22-10-6-3-7-11-22)35-26-18-31-25(17-28(26)37(41)42)29(38)19-30(43-31)23-12-14-24(15-13-23)33(40)36-27(32(34)39)16-21-8-4-2-5-9-21/h2,4-5,8-9,12-15,17-20,22,27,35H,3,6-7,10-11,16H2,1H3,(H2,34,39)(H,36,40)/t20-,27-/m1/s1. The molecule has 2 atom stereocenters. The third-order valence-corrected chi connectivity index (χ3v) is 8.15. The zero-order valence-electron chi connectivity index (χ0n) is 23.9. The van der Waals surface area contributed by atoms with Crippen molar-refractivity contribution in [2.75, 3.05) is 5.32 Å². The number of nitrogens with zero attached hydrogens (tertiary/aromatic N) is 1. The van der Waals surface area contributed by atoms with E-state index in [2.05, 4.69) is 10.6 Å². The molecule has 0 radical (unpaired) electrons. The average molecular weight is 583 g/mol. The van der Waals surface area contributed by atoms with Gasteiger partial charge in [0, 0.05) is 41.8 Å². The van der Waals surface area contributed by atoms with E-state index in [-0.39, 0.29) is 34.9 Å². The van der Waals surface area contributed by atoms with Gasteiger partial charge in [0.25, 0.3) is 11.6 Å². The van der Waals surface area contributed by atoms with Crippen LogP contribution in [0.25, 0.3) is 22.3 Å². The first-order valence-electron chi connectivity index (χ1n) is 14.5. The van der Waals surface area contributed by atoms with Crippen LogP contribution in [0.15, 0.2) is 82.0 Å². The van der Waals surface area contributed by atoms with E-state index in [1.165, 1.54) is 24.6 Å². The zero-order chi connectivity index (χ0) is 30.5. The van der Waals surface area contributed by atoms with Gasteiger partial charge in [-0.3, -0.25) is 24.5 Å². The van der Waals surface area contributed by atoms with Crippen molar-refractivity contribution in [1.82, 2.24) is 5.32 Å². The molecular weight excluding hydrogens is 548 g/mol. The molecule has 10 heteroatoms. The summed E-state index contributed by atoms with van der Waals surface area (Å²) in [5.41, 5.74) is 7.16. The number of benzene rings is 3. The maximum absolute atomic E-state index is 13.0. The predicted molar refractivity (Wildman–Crippen MR) is 165 cm³/mol. The summed E-state index contributed by atoms with van der Waals surface area (Å²) in [6, 6.07) is 18.8. The number of anilines is 1. The summed E-state index contributed by atoms with van der Waals surface area (Å²) in [6.07, 6.45) is 5.90. The Morgan fingerprint density at radius 3 is 2.37 bits per heavy atom. The van der Waals surface area contributed by atoms with Crippen molar-refractivity contribution in [2.24, 2.45) is 11.7 Å². The zero-order valence-corrected chi connectivity index (χ0v) is 23.9. The number of carbonyl (C=O) groups is 2. The lowest BCUT2D eigenvalue weighted by molar-refractivity contribution is -0.383. The van der Waals surface area contributed by atoms with Crippen LogP contribution in [-0.4, -0.2) is 28.8 Å². The smallest absolute Gasteiger partial charge is 0.293 e. The van der Waals surface area contributed by atoms with Gasteiger partial charge in [-0.25, -0.2) is 0 Å². The number of rotatable bonds is 10. The summed E-state index contributed by atoms with van der Waals surface area (Å²) in [5, 5.41) is 18.0. The molecule has 2 amide bonds. The highest BCUT2D eigenvalue weighted by Gasteiger charge is 2.25. The van der Waals surface area contributed by atoms with Gasteiger partial charge in [0.05, 0.1) is 10.3 Å². The van der Waals surface area contributed by atoms with Crippen LogP contribution in [-0.2, 0) is 11.2 Å². The van der Waals surface area contributed by atoms with Crippen LogP contribution in [0, 0.1) is 16.0 Å². The first kappa shape index (κ1) is 29.5. The molecule has 1 fully saturated rings. The number of primary amides is 1. The Hall–Kier alpha value is -4.99. The minimum atomic E-state index is -0.888. The number of nitro groups is 1. The molecule has 43 heavy (non-hydrogen) atoms. The molecule has 1 saturated carbocycles. The first-order valence-corrected chi connectivity index (χ1v) is 14.5. The molecular formula is C33H34N4O6. The lowest BCUT2D eigenvalue weighted by Gasteiger charge is -2.28. The summed E-state index contributed by atoms with van der Waals surface area (Å²) in [4.78, 5) is 49.3. The summed E-state index contributed by atoms with van der Waals surface area (Å²) in [5.74, 6) is -0.450. The van der Waals surface area contributed by atoms with Gasteiger partial charge >= 0.3 is 0 Å². The van der Waals surface area contributed by atoms with Gasteiger partial charge in [-0.1, -0.05) is 61.7 Å². The largest absolute Gasteiger partial charge is 0.456 e. The summed E-state index contributed by atoms with van der Waals surface area (Å²) in [6.45, 7) is 2.03. The number of amides is 2. The van der Waals surface area contributed by atoms with Crippen LogP contribution in [0.2, 0.25) is 0 Å². The molecule has 5 rings (SSSR count). The maximum Gasteiger partial charge on any atom is 0.293 e.